The average Bonchev–Trinajstić information content (AvgIpc) is 2.93. The van der Waals surface area contributed by atoms with Crippen LogP contribution in [0.25, 0.3) is 23.5 Å². The molecule has 2 aromatic heterocycles. The summed E-state index contributed by atoms with van der Waals surface area (Å²) in [7, 11) is 0. The zero-order chi connectivity index (χ0) is 15.5. The summed E-state index contributed by atoms with van der Waals surface area (Å²) in [5.74, 6) is 0.175. The van der Waals surface area contributed by atoms with Gasteiger partial charge in [0.2, 0.25) is 0 Å². The molecule has 0 aliphatic rings. The lowest BCUT2D eigenvalue weighted by Crippen LogP contribution is -2.03. The molecular weight excluding hydrogens is 368 g/mol. The molecule has 3 rings (SSSR count). The van der Waals surface area contributed by atoms with Crippen molar-refractivity contribution in [3.8, 4) is 17.1 Å². The largest absolute Gasteiger partial charge is 0.507 e. The average molecular weight is 377 g/mol. The van der Waals surface area contributed by atoms with Crippen LogP contribution in [0.4, 0.5) is 0 Å². The number of rotatable bonds is 3. The fourth-order valence-corrected chi connectivity index (χ4v) is 2.88. The molecule has 7 heteroatoms. The van der Waals surface area contributed by atoms with Gasteiger partial charge < -0.3 is 9.52 Å². The Morgan fingerprint density at radius 1 is 1.18 bits per heavy atom. The van der Waals surface area contributed by atoms with Crippen LogP contribution in [0.1, 0.15) is 10.6 Å². The molecule has 0 fully saturated rings. The third-order valence-corrected chi connectivity index (χ3v) is 4.15. The lowest BCUT2D eigenvalue weighted by molar-refractivity contribution is 0.450. The molecule has 0 bridgehead atoms. The van der Waals surface area contributed by atoms with Crippen molar-refractivity contribution < 1.29 is 9.52 Å². The van der Waals surface area contributed by atoms with Gasteiger partial charge in [0.15, 0.2) is 3.92 Å². The van der Waals surface area contributed by atoms with Gasteiger partial charge in [0.1, 0.15) is 22.1 Å². The third-order valence-electron chi connectivity index (χ3n) is 2.83. The van der Waals surface area contributed by atoms with Gasteiger partial charge in [-0.15, -0.1) is 10.2 Å². The Kier molecular flexibility index (Phi) is 4.17. The van der Waals surface area contributed by atoms with E-state index in [1.807, 2.05) is 18.2 Å². The van der Waals surface area contributed by atoms with Crippen LogP contribution in [0, 0.1) is 0 Å². The van der Waals surface area contributed by atoms with Crippen LogP contribution in [-0.2, 0) is 0 Å². The summed E-state index contributed by atoms with van der Waals surface area (Å²) in [6.45, 7) is 0. The van der Waals surface area contributed by atoms with E-state index in [-0.39, 0.29) is 11.3 Å². The summed E-state index contributed by atoms with van der Waals surface area (Å²) < 4.78 is 5.90. The zero-order valence-corrected chi connectivity index (χ0v) is 13.5. The Hall–Kier alpha value is -2.25. The minimum atomic E-state index is -0.612. The number of aromatic nitrogens is 2. The highest BCUT2D eigenvalue weighted by Crippen LogP contribution is 2.25. The molecule has 0 aliphatic carbocycles. The van der Waals surface area contributed by atoms with Crippen molar-refractivity contribution in [1.82, 2.24) is 10.2 Å². The van der Waals surface area contributed by atoms with Crippen LogP contribution in [0.5, 0.6) is 5.75 Å². The van der Waals surface area contributed by atoms with Crippen molar-refractivity contribution in [3.05, 3.63) is 61.3 Å². The van der Waals surface area contributed by atoms with Crippen LogP contribution in [0.3, 0.4) is 0 Å². The summed E-state index contributed by atoms with van der Waals surface area (Å²) in [6.07, 6.45) is 3.06. The predicted molar refractivity (Wildman–Crippen MR) is 88.6 cm³/mol. The van der Waals surface area contributed by atoms with Crippen molar-refractivity contribution in [2.24, 2.45) is 0 Å². The molecule has 3 aromatic rings. The Labute approximate surface area is 137 Å². The topological polar surface area (TPSA) is 76.2 Å². The quantitative estimate of drug-likeness (QED) is 0.752. The fraction of sp³-hybridized carbons (Fsp3) is 0. The number of aromatic hydroxyl groups is 1. The highest BCUT2D eigenvalue weighted by molar-refractivity contribution is 9.11. The Balaban J connectivity index is 1.97. The Bertz CT molecular complexity index is 887. The zero-order valence-electron chi connectivity index (χ0n) is 11.1. The van der Waals surface area contributed by atoms with Crippen LogP contribution < -0.4 is 5.63 Å². The van der Waals surface area contributed by atoms with Crippen molar-refractivity contribution >= 4 is 39.4 Å². The van der Waals surface area contributed by atoms with E-state index >= 15 is 0 Å². The molecule has 0 unspecified atom stereocenters. The van der Waals surface area contributed by atoms with Crippen LogP contribution in [-0.4, -0.2) is 15.3 Å². The van der Waals surface area contributed by atoms with E-state index < -0.39 is 5.63 Å². The maximum absolute atomic E-state index is 12.0. The molecule has 0 saturated carbocycles. The molecule has 0 amide bonds. The molecular formula is C15H9BrN2O3S. The lowest BCUT2D eigenvalue weighted by Gasteiger charge is -2.02. The number of benzene rings is 1. The third kappa shape index (κ3) is 3.15. The van der Waals surface area contributed by atoms with Crippen molar-refractivity contribution in [2.75, 3.05) is 0 Å². The molecule has 0 spiro atoms. The smallest absolute Gasteiger partial charge is 0.347 e. The molecule has 2 heterocycles. The molecule has 22 heavy (non-hydrogen) atoms. The molecule has 110 valence electrons. The maximum Gasteiger partial charge on any atom is 0.347 e. The van der Waals surface area contributed by atoms with Crippen molar-refractivity contribution in [3.63, 3.8) is 0 Å². The fourth-order valence-electron chi connectivity index (χ4n) is 1.83. The first-order valence-electron chi connectivity index (χ1n) is 6.23. The van der Waals surface area contributed by atoms with Gasteiger partial charge >= 0.3 is 5.63 Å². The van der Waals surface area contributed by atoms with Gasteiger partial charge in [0.25, 0.3) is 0 Å². The van der Waals surface area contributed by atoms with Gasteiger partial charge in [-0.3, -0.25) is 0 Å². The lowest BCUT2D eigenvalue weighted by atomic mass is 10.1. The summed E-state index contributed by atoms with van der Waals surface area (Å²) in [5, 5.41) is 18.3. The number of hydrogen-bond donors (Lipinski definition) is 1. The first kappa shape index (κ1) is 14.7. The summed E-state index contributed by atoms with van der Waals surface area (Å²) >= 11 is 4.52. The standard InChI is InChI=1S/C15H9BrN2O3S/c16-15-18-17-13(22-15)7-6-10-11(19)8-12(21-14(10)20)9-4-2-1-3-5-9/h1-8,19H/b7-6+. The van der Waals surface area contributed by atoms with Gasteiger partial charge in [0.05, 0.1) is 0 Å². The summed E-state index contributed by atoms with van der Waals surface area (Å²) in [5.41, 5.74) is 0.183. The van der Waals surface area contributed by atoms with Crippen molar-refractivity contribution in [2.45, 2.75) is 0 Å². The monoisotopic (exact) mass is 376 g/mol. The Morgan fingerprint density at radius 3 is 2.59 bits per heavy atom. The highest BCUT2D eigenvalue weighted by atomic mass is 79.9. The van der Waals surface area contributed by atoms with Gasteiger partial charge in [0, 0.05) is 11.6 Å². The first-order valence-corrected chi connectivity index (χ1v) is 7.84. The van der Waals surface area contributed by atoms with E-state index in [9.17, 15) is 9.90 Å². The minimum Gasteiger partial charge on any atom is -0.507 e. The van der Waals surface area contributed by atoms with Crippen LogP contribution in [0.15, 0.2) is 49.5 Å². The first-order chi connectivity index (χ1) is 10.6. The van der Waals surface area contributed by atoms with Gasteiger partial charge in [-0.25, -0.2) is 4.79 Å². The van der Waals surface area contributed by atoms with Crippen LogP contribution in [0.2, 0.25) is 0 Å². The van der Waals surface area contributed by atoms with Gasteiger partial charge in [-0.2, -0.15) is 0 Å². The predicted octanol–water partition coefficient (Wildman–Crippen LogP) is 3.80. The van der Waals surface area contributed by atoms with Crippen LogP contribution >= 0.6 is 27.3 Å². The molecule has 0 saturated heterocycles. The molecule has 5 nitrogen and oxygen atoms in total. The molecule has 0 atom stereocenters. The molecule has 0 radical (unpaired) electrons. The second-order valence-electron chi connectivity index (χ2n) is 4.29. The van der Waals surface area contributed by atoms with E-state index in [1.165, 1.54) is 23.5 Å². The number of hydrogen-bond acceptors (Lipinski definition) is 6. The van der Waals surface area contributed by atoms with E-state index in [0.717, 1.165) is 5.56 Å². The van der Waals surface area contributed by atoms with E-state index in [4.69, 9.17) is 4.42 Å². The summed E-state index contributed by atoms with van der Waals surface area (Å²) in [6, 6.07) is 10.5. The Morgan fingerprint density at radius 2 is 1.95 bits per heavy atom. The van der Waals surface area contributed by atoms with Crippen molar-refractivity contribution in [1.29, 1.82) is 0 Å². The van der Waals surface area contributed by atoms with E-state index in [1.54, 1.807) is 18.2 Å². The molecule has 0 aliphatic heterocycles. The van der Waals surface area contributed by atoms with E-state index in [2.05, 4.69) is 26.1 Å². The summed E-state index contributed by atoms with van der Waals surface area (Å²) in [4.78, 5) is 12.0. The minimum absolute atomic E-state index is 0.0750. The number of halogens is 1. The highest BCUT2D eigenvalue weighted by Gasteiger charge is 2.10. The molecule has 1 aromatic carbocycles. The molecule has 1 N–H and O–H groups in total. The second kappa shape index (κ2) is 6.25. The van der Waals surface area contributed by atoms with Gasteiger partial charge in [-0.05, 0) is 28.1 Å². The number of nitrogens with zero attached hydrogens (tertiary/aromatic N) is 2. The normalized spacial score (nSPS) is 11.1. The second-order valence-corrected chi connectivity index (χ2v) is 6.57. The SMILES string of the molecule is O=c1oc(-c2ccccc2)cc(O)c1/C=C/c1nnc(Br)s1. The van der Waals surface area contributed by atoms with Gasteiger partial charge in [-0.1, -0.05) is 41.7 Å². The maximum atomic E-state index is 12.0. The van der Waals surface area contributed by atoms with E-state index in [0.29, 0.717) is 14.7 Å².